The van der Waals surface area contributed by atoms with Gasteiger partial charge in [-0.05, 0) is 79.7 Å². The number of nitrogens with zero attached hydrogens (tertiary/aromatic N) is 4. The van der Waals surface area contributed by atoms with Gasteiger partial charge in [-0.15, -0.1) is 0 Å². The van der Waals surface area contributed by atoms with Gasteiger partial charge in [0.1, 0.15) is 5.75 Å². The van der Waals surface area contributed by atoms with Crippen LogP contribution in [0.15, 0.2) is 93.3 Å². The molecule has 0 atom stereocenters. The summed E-state index contributed by atoms with van der Waals surface area (Å²) in [5, 5.41) is 20.2. The summed E-state index contributed by atoms with van der Waals surface area (Å²) in [5.74, 6) is 0.792. The fraction of sp³-hybridized carbons (Fsp3) is 0.143. The number of ether oxygens (including phenoxy) is 1. The van der Waals surface area contributed by atoms with Crippen LogP contribution in [0.5, 0.6) is 5.75 Å². The molecule has 0 radical (unpaired) electrons. The molecule has 0 aliphatic rings. The van der Waals surface area contributed by atoms with Crippen molar-refractivity contribution in [2.24, 2.45) is 20.5 Å². The fourth-order valence-electron chi connectivity index (χ4n) is 2.32. The topological polar surface area (TPSA) is 70.7 Å². The number of hydrogen-bond acceptors (Lipinski definition) is 6. The third-order valence-corrected chi connectivity index (χ3v) is 3.73. The number of azo groups is 2. The third-order valence-electron chi connectivity index (χ3n) is 3.73. The average Bonchev–Trinajstić information content (AvgIpc) is 2.73. The van der Waals surface area contributed by atoms with Gasteiger partial charge in [-0.2, -0.15) is 20.5 Å². The molecule has 0 saturated heterocycles. The van der Waals surface area contributed by atoms with Crippen LogP contribution in [0, 0.1) is 0 Å². The van der Waals surface area contributed by atoms with Crippen LogP contribution in [0.3, 0.4) is 0 Å². The first kappa shape index (κ1) is 18.3. The quantitative estimate of drug-likeness (QED) is 0.463. The molecule has 0 fully saturated rings. The average molecular weight is 359 g/mol. The molecule has 0 aliphatic carbocycles. The highest BCUT2D eigenvalue weighted by Gasteiger charge is 1.95. The summed E-state index contributed by atoms with van der Waals surface area (Å²) in [7, 11) is 1.63. The molecule has 3 aromatic carbocycles. The lowest BCUT2D eigenvalue weighted by Crippen LogP contribution is -1.94. The van der Waals surface area contributed by atoms with Crippen molar-refractivity contribution in [2.75, 3.05) is 19.0 Å². The van der Waals surface area contributed by atoms with Crippen LogP contribution in [0.1, 0.15) is 6.92 Å². The minimum atomic E-state index is 0.750. The lowest BCUT2D eigenvalue weighted by molar-refractivity contribution is 0.415. The predicted molar refractivity (Wildman–Crippen MR) is 108 cm³/mol. The van der Waals surface area contributed by atoms with Gasteiger partial charge in [-0.1, -0.05) is 0 Å². The summed E-state index contributed by atoms with van der Waals surface area (Å²) in [6, 6.07) is 22.7. The van der Waals surface area contributed by atoms with Gasteiger partial charge in [0.2, 0.25) is 0 Å². The largest absolute Gasteiger partial charge is 0.497 e. The molecule has 0 aliphatic heterocycles. The van der Waals surface area contributed by atoms with Crippen molar-refractivity contribution in [2.45, 2.75) is 6.92 Å². The first-order chi connectivity index (χ1) is 13.3. The second-order valence-electron chi connectivity index (χ2n) is 5.69. The predicted octanol–water partition coefficient (Wildman–Crippen LogP) is 6.96. The van der Waals surface area contributed by atoms with Gasteiger partial charge in [-0.25, -0.2) is 0 Å². The Morgan fingerprint density at radius 2 is 1.00 bits per heavy atom. The highest BCUT2D eigenvalue weighted by molar-refractivity contribution is 5.52. The van der Waals surface area contributed by atoms with Crippen molar-refractivity contribution in [3.05, 3.63) is 72.8 Å². The van der Waals surface area contributed by atoms with Crippen LogP contribution >= 0.6 is 0 Å². The maximum atomic E-state index is 5.12. The van der Waals surface area contributed by atoms with E-state index in [2.05, 4.69) is 32.7 Å². The molecule has 0 amide bonds. The first-order valence-corrected chi connectivity index (χ1v) is 8.68. The maximum absolute atomic E-state index is 5.12. The molecule has 0 saturated carbocycles. The van der Waals surface area contributed by atoms with Crippen LogP contribution in [-0.4, -0.2) is 13.7 Å². The molecular formula is C21H21N5O. The molecule has 3 rings (SSSR count). The maximum Gasteiger partial charge on any atom is 0.119 e. The number of hydrogen-bond donors (Lipinski definition) is 1. The number of nitrogens with one attached hydrogen (secondary N) is 1. The Bertz CT molecular complexity index is 901. The molecule has 0 unspecified atom stereocenters. The Labute approximate surface area is 158 Å². The monoisotopic (exact) mass is 359 g/mol. The lowest BCUT2D eigenvalue weighted by Gasteiger charge is -2.01. The van der Waals surface area contributed by atoms with Crippen LogP contribution in [0.25, 0.3) is 0 Å². The van der Waals surface area contributed by atoms with Crippen molar-refractivity contribution >= 4 is 28.4 Å². The summed E-state index contributed by atoms with van der Waals surface area (Å²) in [4.78, 5) is 0. The van der Waals surface area contributed by atoms with Crippen molar-refractivity contribution < 1.29 is 4.74 Å². The number of anilines is 1. The van der Waals surface area contributed by atoms with E-state index in [0.717, 1.165) is 40.7 Å². The van der Waals surface area contributed by atoms with E-state index < -0.39 is 0 Å². The number of rotatable bonds is 7. The van der Waals surface area contributed by atoms with Crippen LogP contribution in [-0.2, 0) is 0 Å². The summed E-state index contributed by atoms with van der Waals surface area (Å²) in [5.41, 5.74) is 4.15. The van der Waals surface area contributed by atoms with Gasteiger partial charge in [0.05, 0.1) is 29.9 Å². The van der Waals surface area contributed by atoms with E-state index in [1.165, 1.54) is 0 Å². The fourth-order valence-corrected chi connectivity index (χ4v) is 2.32. The van der Waals surface area contributed by atoms with E-state index in [1.54, 1.807) is 7.11 Å². The summed E-state index contributed by atoms with van der Waals surface area (Å²) in [6.45, 7) is 2.96. The van der Waals surface area contributed by atoms with Crippen LogP contribution in [0.2, 0.25) is 0 Å². The zero-order valence-electron chi connectivity index (χ0n) is 15.3. The number of methoxy groups -OCH3 is 1. The zero-order valence-corrected chi connectivity index (χ0v) is 15.3. The Morgan fingerprint density at radius 1 is 0.630 bits per heavy atom. The summed E-state index contributed by atoms with van der Waals surface area (Å²) < 4.78 is 5.12. The smallest absolute Gasteiger partial charge is 0.119 e. The molecule has 0 spiro atoms. The second-order valence-corrected chi connectivity index (χ2v) is 5.69. The van der Waals surface area contributed by atoms with E-state index >= 15 is 0 Å². The molecule has 1 N–H and O–H groups in total. The highest BCUT2D eigenvalue weighted by Crippen LogP contribution is 2.24. The third kappa shape index (κ3) is 5.47. The van der Waals surface area contributed by atoms with E-state index in [4.69, 9.17) is 4.74 Å². The van der Waals surface area contributed by atoms with E-state index in [-0.39, 0.29) is 0 Å². The Kier molecular flexibility index (Phi) is 6.25. The Balaban J connectivity index is 1.61. The molecule has 6 heteroatoms. The highest BCUT2D eigenvalue weighted by atomic mass is 16.5. The van der Waals surface area contributed by atoms with Gasteiger partial charge in [0.15, 0.2) is 0 Å². The Morgan fingerprint density at radius 3 is 1.37 bits per heavy atom. The van der Waals surface area contributed by atoms with Crippen molar-refractivity contribution in [1.82, 2.24) is 0 Å². The van der Waals surface area contributed by atoms with Gasteiger partial charge in [0.25, 0.3) is 0 Å². The molecule has 0 aromatic heterocycles. The zero-order chi connectivity index (χ0) is 18.9. The minimum absolute atomic E-state index is 0.750. The van der Waals surface area contributed by atoms with Gasteiger partial charge >= 0.3 is 0 Å². The van der Waals surface area contributed by atoms with E-state index in [1.807, 2.05) is 72.8 Å². The number of benzene rings is 3. The summed E-state index contributed by atoms with van der Waals surface area (Å²) in [6.07, 6.45) is 0. The van der Waals surface area contributed by atoms with E-state index in [9.17, 15) is 0 Å². The second kappa shape index (κ2) is 9.24. The standard InChI is InChI=1S/C21H21N5O/c1-3-22-16-4-6-17(7-5-16)23-24-18-8-10-19(11-9-18)25-26-20-12-14-21(27-2)15-13-20/h4-15,22H,3H2,1-2H3. The first-order valence-electron chi connectivity index (χ1n) is 8.68. The van der Waals surface area contributed by atoms with Gasteiger partial charge in [-0.3, -0.25) is 0 Å². The SMILES string of the molecule is CCNc1ccc(N=Nc2ccc(N=Nc3ccc(OC)cc3)cc2)cc1. The normalized spacial score (nSPS) is 11.2. The summed E-state index contributed by atoms with van der Waals surface area (Å²) >= 11 is 0. The lowest BCUT2D eigenvalue weighted by atomic mass is 10.3. The van der Waals surface area contributed by atoms with Crippen molar-refractivity contribution in [3.8, 4) is 5.75 Å². The molecule has 6 nitrogen and oxygen atoms in total. The van der Waals surface area contributed by atoms with Crippen LogP contribution in [0.4, 0.5) is 28.4 Å². The molecular weight excluding hydrogens is 338 g/mol. The van der Waals surface area contributed by atoms with Crippen molar-refractivity contribution in [1.29, 1.82) is 0 Å². The van der Waals surface area contributed by atoms with Crippen LogP contribution < -0.4 is 10.1 Å². The molecule has 0 bridgehead atoms. The van der Waals surface area contributed by atoms with Crippen molar-refractivity contribution in [3.63, 3.8) is 0 Å². The van der Waals surface area contributed by atoms with Gasteiger partial charge < -0.3 is 10.1 Å². The van der Waals surface area contributed by atoms with Gasteiger partial charge in [0, 0.05) is 12.2 Å². The minimum Gasteiger partial charge on any atom is -0.497 e. The molecule has 3 aromatic rings. The molecule has 0 heterocycles. The van der Waals surface area contributed by atoms with E-state index in [0.29, 0.717) is 0 Å². The Hall–Kier alpha value is -3.54. The molecule has 136 valence electrons. The molecule has 27 heavy (non-hydrogen) atoms.